The van der Waals surface area contributed by atoms with Gasteiger partial charge in [0.2, 0.25) is 5.91 Å². The van der Waals surface area contributed by atoms with Crippen molar-refractivity contribution in [3.05, 3.63) is 35.2 Å². The molecule has 0 aliphatic carbocycles. The summed E-state index contributed by atoms with van der Waals surface area (Å²) < 4.78 is 1.16. The lowest BCUT2D eigenvalue weighted by Crippen LogP contribution is -2.39. The van der Waals surface area contributed by atoms with Crippen LogP contribution in [-0.4, -0.2) is 30.6 Å². The van der Waals surface area contributed by atoms with Gasteiger partial charge in [-0.15, -0.1) is 11.3 Å². The van der Waals surface area contributed by atoms with E-state index in [1.807, 2.05) is 30.3 Å². The lowest BCUT2D eigenvalue weighted by molar-refractivity contribution is -0.126. The van der Waals surface area contributed by atoms with E-state index in [2.05, 4.69) is 10.6 Å². The lowest BCUT2D eigenvalue weighted by Gasteiger charge is -2.22. The minimum atomic E-state index is -0.631. The zero-order valence-corrected chi connectivity index (χ0v) is 12.7. The van der Waals surface area contributed by atoms with Gasteiger partial charge in [-0.25, -0.2) is 0 Å². The van der Waals surface area contributed by atoms with Crippen molar-refractivity contribution < 1.29 is 9.90 Å². The molecule has 1 aliphatic rings. The van der Waals surface area contributed by atoms with Crippen molar-refractivity contribution in [1.82, 2.24) is 10.6 Å². The number of thiophene rings is 1. The van der Waals surface area contributed by atoms with E-state index in [1.165, 1.54) is 0 Å². The van der Waals surface area contributed by atoms with E-state index in [4.69, 9.17) is 0 Å². The fraction of sp³-hybridized carbons (Fsp3) is 0.438. The lowest BCUT2D eigenvalue weighted by atomic mass is 9.97. The van der Waals surface area contributed by atoms with Crippen LogP contribution in [0.25, 0.3) is 10.1 Å². The van der Waals surface area contributed by atoms with Crippen LogP contribution in [0.5, 0.6) is 0 Å². The molecule has 2 aromatic rings. The van der Waals surface area contributed by atoms with E-state index in [-0.39, 0.29) is 18.4 Å². The summed E-state index contributed by atoms with van der Waals surface area (Å²) in [6.45, 7) is 2.09. The van der Waals surface area contributed by atoms with Gasteiger partial charge in [0.15, 0.2) is 0 Å². The SMILES string of the molecule is O=C(NCC(O)c1cc2ccccc2s1)C1CCNCC1. The molecule has 21 heavy (non-hydrogen) atoms. The molecule has 2 heterocycles. The predicted octanol–water partition coefficient (Wildman–Crippen LogP) is 2.05. The van der Waals surface area contributed by atoms with Crippen molar-refractivity contribution in [2.24, 2.45) is 5.92 Å². The molecule has 0 bridgehead atoms. The summed E-state index contributed by atoms with van der Waals surface area (Å²) in [5, 5.41) is 17.5. The van der Waals surface area contributed by atoms with Crippen molar-refractivity contribution in [1.29, 1.82) is 0 Å². The van der Waals surface area contributed by atoms with Gasteiger partial charge < -0.3 is 15.7 Å². The molecule has 3 N–H and O–H groups in total. The molecule has 1 saturated heterocycles. The molecule has 1 atom stereocenters. The third-order valence-electron chi connectivity index (χ3n) is 3.95. The van der Waals surface area contributed by atoms with Gasteiger partial charge in [0.05, 0.1) is 0 Å². The average Bonchev–Trinajstić information content (AvgIpc) is 2.97. The largest absolute Gasteiger partial charge is 0.386 e. The highest BCUT2D eigenvalue weighted by Gasteiger charge is 2.21. The zero-order valence-electron chi connectivity index (χ0n) is 11.8. The van der Waals surface area contributed by atoms with Gasteiger partial charge in [-0.05, 0) is 43.5 Å². The first kappa shape index (κ1) is 14.5. The Bertz CT molecular complexity index is 587. The Morgan fingerprint density at radius 1 is 1.38 bits per heavy atom. The standard InChI is InChI=1S/C16H20N2O2S/c19-13(10-18-16(20)11-5-7-17-8-6-11)15-9-12-3-1-2-4-14(12)21-15/h1-4,9,11,13,17,19H,5-8,10H2,(H,18,20). The van der Waals surface area contributed by atoms with Crippen LogP contribution in [0.15, 0.2) is 30.3 Å². The van der Waals surface area contributed by atoms with Crippen molar-refractivity contribution in [3.8, 4) is 0 Å². The predicted molar refractivity (Wildman–Crippen MR) is 85.4 cm³/mol. The molecule has 1 fully saturated rings. The van der Waals surface area contributed by atoms with Crippen LogP contribution in [0.1, 0.15) is 23.8 Å². The summed E-state index contributed by atoms with van der Waals surface area (Å²) in [6.07, 6.45) is 1.13. The number of hydrogen-bond donors (Lipinski definition) is 3. The molecule has 1 aromatic carbocycles. The molecule has 0 spiro atoms. The molecule has 3 rings (SSSR count). The zero-order chi connectivity index (χ0) is 14.7. The molecule has 5 heteroatoms. The number of carbonyl (C=O) groups excluding carboxylic acids is 1. The van der Waals surface area contributed by atoms with Crippen molar-refractivity contribution in [2.45, 2.75) is 18.9 Å². The van der Waals surface area contributed by atoms with Crippen LogP contribution in [0.2, 0.25) is 0 Å². The molecule has 112 valence electrons. The number of aliphatic hydroxyl groups excluding tert-OH is 1. The van der Waals surface area contributed by atoms with Crippen molar-refractivity contribution in [3.63, 3.8) is 0 Å². The maximum absolute atomic E-state index is 12.1. The third-order valence-corrected chi connectivity index (χ3v) is 5.17. The Hall–Kier alpha value is -1.43. The Kier molecular flexibility index (Phi) is 4.53. The molecule has 0 saturated carbocycles. The fourth-order valence-corrected chi connectivity index (χ4v) is 3.74. The number of aliphatic hydroxyl groups is 1. The summed E-state index contributed by atoms with van der Waals surface area (Å²) in [4.78, 5) is 13.0. The Labute approximate surface area is 128 Å². The first-order valence-electron chi connectivity index (χ1n) is 7.39. The van der Waals surface area contributed by atoms with E-state index in [1.54, 1.807) is 11.3 Å². The highest BCUT2D eigenvalue weighted by Crippen LogP contribution is 2.29. The van der Waals surface area contributed by atoms with E-state index >= 15 is 0 Å². The van der Waals surface area contributed by atoms with Crippen LogP contribution < -0.4 is 10.6 Å². The summed E-state index contributed by atoms with van der Waals surface area (Å²) in [5.74, 6) is 0.150. The van der Waals surface area contributed by atoms with E-state index in [0.29, 0.717) is 0 Å². The molecule has 1 aliphatic heterocycles. The van der Waals surface area contributed by atoms with Gasteiger partial charge in [-0.2, -0.15) is 0 Å². The molecular formula is C16H20N2O2S. The van der Waals surface area contributed by atoms with Crippen LogP contribution >= 0.6 is 11.3 Å². The van der Waals surface area contributed by atoms with E-state index in [0.717, 1.165) is 40.9 Å². The second-order valence-electron chi connectivity index (χ2n) is 5.47. The smallest absolute Gasteiger partial charge is 0.223 e. The highest BCUT2D eigenvalue weighted by atomic mass is 32.1. The van der Waals surface area contributed by atoms with Crippen LogP contribution in [0.4, 0.5) is 0 Å². The molecule has 1 aromatic heterocycles. The summed E-state index contributed by atoms with van der Waals surface area (Å²) >= 11 is 1.58. The number of amides is 1. The topological polar surface area (TPSA) is 61.4 Å². The summed E-state index contributed by atoms with van der Waals surface area (Å²) in [7, 11) is 0. The second kappa shape index (κ2) is 6.56. The van der Waals surface area contributed by atoms with Gasteiger partial charge in [0, 0.05) is 22.0 Å². The number of piperidine rings is 1. The number of carbonyl (C=O) groups is 1. The van der Waals surface area contributed by atoms with Gasteiger partial charge in [0.25, 0.3) is 0 Å². The second-order valence-corrected chi connectivity index (χ2v) is 6.59. The summed E-state index contributed by atoms with van der Waals surface area (Å²) in [5.41, 5.74) is 0. The van der Waals surface area contributed by atoms with Gasteiger partial charge in [-0.1, -0.05) is 18.2 Å². The van der Waals surface area contributed by atoms with Gasteiger partial charge in [0.1, 0.15) is 6.10 Å². The molecule has 1 unspecified atom stereocenters. The normalized spacial score (nSPS) is 17.8. The van der Waals surface area contributed by atoms with Crippen molar-refractivity contribution in [2.75, 3.05) is 19.6 Å². The maximum atomic E-state index is 12.1. The van der Waals surface area contributed by atoms with Crippen molar-refractivity contribution >= 4 is 27.3 Å². The van der Waals surface area contributed by atoms with Gasteiger partial charge >= 0.3 is 0 Å². The quantitative estimate of drug-likeness (QED) is 0.810. The number of rotatable bonds is 4. The van der Waals surface area contributed by atoms with E-state index < -0.39 is 6.10 Å². The number of fused-ring (bicyclic) bond motifs is 1. The average molecular weight is 304 g/mol. The summed E-state index contributed by atoms with van der Waals surface area (Å²) in [6, 6.07) is 10.1. The number of hydrogen-bond acceptors (Lipinski definition) is 4. The molecule has 4 nitrogen and oxygen atoms in total. The molecule has 0 radical (unpaired) electrons. The Morgan fingerprint density at radius 2 is 2.14 bits per heavy atom. The number of nitrogens with one attached hydrogen (secondary N) is 2. The fourth-order valence-electron chi connectivity index (χ4n) is 2.69. The minimum Gasteiger partial charge on any atom is -0.386 e. The van der Waals surface area contributed by atoms with E-state index in [9.17, 15) is 9.90 Å². The van der Waals surface area contributed by atoms with Crippen LogP contribution in [0, 0.1) is 5.92 Å². The van der Waals surface area contributed by atoms with Crippen LogP contribution in [0.3, 0.4) is 0 Å². The van der Waals surface area contributed by atoms with Gasteiger partial charge in [-0.3, -0.25) is 4.79 Å². The third kappa shape index (κ3) is 3.43. The number of benzene rings is 1. The first-order valence-corrected chi connectivity index (χ1v) is 8.20. The Morgan fingerprint density at radius 3 is 2.90 bits per heavy atom. The highest BCUT2D eigenvalue weighted by molar-refractivity contribution is 7.19. The minimum absolute atomic E-state index is 0.0664. The Balaban J connectivity index is 1.58. The maximum Gasteiger partial charge on any atom is 0.223 e. The van der Waals surface area contributed by atoms with Crippen LogP contribution in [-0.2, 0) is 4.79 Å². The monoisotopic (exact) mass is 304 g/mol. The molecular weight excluding hydrogens is 284 g/mol. The first-order chi connectivity index (χ1) is 10.2. The molecule has 1 amide bonds.